The molecular formula is C16H13N7O2. The minimum Gasteiger partial charge on any atom is -0.477 e. The molecule has 0 spiro atoms. The van der Waals surface area contributed by atoms with Gasteiger partial charge in [-0.3, -0.25) is 0 Å². The number of nitrogens with two attached hydrogens (primary N) is 1. The van der Waals surface area contributed by atoms with Crippen LogP contribution in [0.5, 0.6) is 0 Å². The molecule has 2 aromatic heterocycles. The number of rotatable bonds is 4. The van der Waals surface area contributed by atoms with Crippen LogP contribution in [0.4, 0.5) is 17.3 Å². The summed E-state index contributed by atoms with van der Waals surface area (Å²) in [6, 6.07) is 12.7. The Morgan fingerprint density at radius 1 is 1.32 bits per heavy atom. The summed E-state index contributed by atoms with van der Waals surface area (Å²) < 4.78 is 1.11. The number of aromatic nitrogens is 4. The van der Waals surface area contributed by atoms with Crippen molar-refractivity contribution in [1.82, 2.24) is 19.7 Å². The van der Waals surface area contributed by atoms with Crippen LogP contribution in [0.3, 0.4) is 0 Å². The molecule has 0 amide bonds. The van der Waals surface area contributed by atoms with E-state index < -0.39 is 5.97 Å². The van der Waals surface area contributed by atoms with Crippen LogP contribution in [0, 0.1) is 18.3 Å². The number of nitrogen functional groups attached to an aromatic ring is 1. The highest BCUT2D eigenvalue weighted by Crippen LogP contribution is 2.21. The van der Waals surface area contributed by atoms with E-state index in [0.717, 1.165) is 10.4 Å². The fourth-order valence-electron chi connectivity index (χ4n) is 2.28. The Morgan fingerprint density at radius 2 is 2.04 bits per heavy atom. The van der Waals surface area contributed by atoms with Gasteiger partial charge in [-0.1, -0.05) is 18.2 Å². The number of hydrogen-bond donors (Lipinski definition) is 3. The second kappa shape index (κ2) is 6.29. The second-order valence-electron chi connectivity index (χ2n) is 5.10. The van der Waals surface area contributed by atoms with E-state index in [-0.39, 0.29) is 28.7 Å². The summed E-state index contributed by atoms with van der Waals surface area (Å²) >= 11 is 0. The van der Waals surface area contributed by atoms with Gasteiger partial charge in [-0.15, -0.1) is 0 Å². The van der Waals surface area contributed by atoms with Crippen molar-refractivity contribution in [2.75, 3.05) is 11.1 Å². The Bertz CT molecular complexity index is 990. The number of aromatic carboxylic acids is 1. The topological polar surface area (TPSA) is 143 Å². The molecule has 0 atom stereocenters. The average Bonchev–Trinajstić information content (AvgIpc) is 2.90. The van der Waals surface area contributed by atoms with Crippen LogP contribution < -0.4 is 11.1 Å². The lowest BCUT2D eigenvalue weighted by Crippen LogP contribution is -2.10. The molecular weight excluding hydrogens is 322 g/mol. The Labute approximate surface area is 142 Å². The first-order valence-electron chi connectivity index (χ1n) is 7.19. The van der Waals surface area contributed by atoms with E-state index in [1.54, 1.807) is 0 Å². The van der Waals surface area contributed by atoms with Crippen molar-refractivity contribution in [3.05, 3.63) is 53.3 Å². The molecule has 4 N–H and O–H groups in total. The van der Waals surface area contributed by atoms with E-state index in [0.29, 0.717) is 5.82 Å². The van der Waals surface area contributed by atoms with E-state index >= 15 is 0 Å². The van der Waals surface area contributed by atoms with Gasteiger partial charge in [0.25, 0.3) is 5.95 Å². The second-order valence-corrected chi connectivity index (χ2v) is 5.10. The van der Waals surface area contributed by atoms with Gasteiger partial charge in [-0.2, -0.15) is 25.0 Å². The molecule has 3 rings (SSSR count). The summed E-state index contributed by atoms with van der Waals surface area (Å²) in [5.41, 5.74) is 6.84. The smallest absolute Gasteiger partial charge is 0.341 e. The maximum atomic E-state index is 11.3. The third-order valence-corrected chi connectivity index (χ3v) is 3.37. The van der Waals surface area contributed by atoms with Crippen LogP contribution in [0.2, 0.25) is 0 Å². The molecule has 0 unspecified atom stereocenters. The average molecular weight is 335 g/mol. The van der Waals surface area contributed by atoms with Gasteiger partial charge in [0.05, 0.1) is 5.69 Å². The third-order valence-electron chi connectivity index (χ3n) is 3.37. The molecule has 3 aromatic rings. The van der Waals surface area contributed by atoms with Gasteiger partial charge in [-0.05, 0) is 19.1 Å². The summed E-state index contributed by atoms with van der Waals surface area (Å²) in [5, 5.41) is 25.5. The number of nitrogens with zero attached hydrogens (tertiary/aromatic N) is 5. The van der Waals surface area contributed by atoms with Gasteiger partial charge in [0, 0.05) is 11.8 Å². The number of carboxylic acids is 1. The molecule has 0 saturated heterocycles. The molecule has 0 aliphatic heterocycles. The molecule has 9 heteroatoms. The highest BCUT2D eigenvalue weighted by molar-refractivity contribution is 5.94. The Balaban J connectivity index is 2.09. The summed E-state index contributed by atoms with van der Waals surface area (Å²) in [6.07, 6.45) is 0. The van der Waals surface area contributed by atoms with E-state index in [2.05, 4.69) is 20.4 Å². The minimum atomic E-state index is -1.19. The Hall–Kier alpha value is -3.93. The highest BCUT2D eigenvalue weighted by Gasteiger charge is 2.21. The fourth-order valence-corrected chi connectivity index (χ4v) is 2.28. The van der Waals surface area contributed by atoms with Gasteiger partial charge in [0.2, 0.25) is 0 Å². The van der Waals surface area contributed by atoms with E-state index in [4.69, 9.17) is 5.73 Å². The van der Waals surface area contributed by atoms with Crippen molar-refractivity contribution in [2.45, 2.75) is 6.92 Å². The van der Waals surface area contributed by atoms with Crippen molar-refractivity contribution in [2.24, 2.45) is 0 Å². The summed E-state index contributed by atoms with van der Waals surface area (Å²) in [4.78, 5) is 19.6. The number of para-hydroxylation sites is 1. The summed E-state index contributed by atoms with van der Waals surface area (Å²) in [7, 11) is 0. The molecule has 1 aromatic carbocycles. The van der Waals surface area contributed by atoms with Gasteiger partial charge >= 0.3 is 5.97 Å². The lowest BCUT2D eigenvalue weighted by molar-refractivity contribution is 0.0697. The quantitative estimate of drug-likeness (QED) is 0.655. The SMILES string of the molecule is Cc1nn(-c2nc(C#N)cc(Nc3ccccc3)n2)c(N)c1C(=O)O. The molecule has 0 radical (unpaired) electrons. The third kappa shape index (κ3) is 3.09. The molecule has 25 heavy (non-hydrogen) atoms. The minimum absolute atomic E-state index is 0.00517. The molecule has 0 aliphatic carbocycles. The van der Waals surface area contributed by atoms with E-state index in [1.807, 2.05) is 36.4 Å². The van der Waals surface area contributed by atoms with E-state index in [1.165, 1.54) is 13.0 Å². The number of benzene rings is 1. The standard InChI is InChI=1S/C16H13N7O2/c1-9-13(15(24)25)14(18)23(22-9)16-20-11(8-17)7-12(21-16)19-10-5-3-2-4-6-10/h2-7H,18H2,1H3,(H,24,25)(H,19,20,21). The van der Waals surface area contributed by atoms with Crippen LogP contribution in [-0.2, 0) is 0 Å². The zero-order chi connectivity index (χ0) is 18.0. The lowest BCUT2D eigenvalue weighted by Gasteiger charge is -2.08. The maximum Gasteiger partial charge on any atom is 0.341 e. The first-order valence-corrected chi connectivity index (χ1v) is 7.19. The van der Waals surface area contributed by atoms with Crippen molar-refractivity contribution in [3.63, 3.8) is 0 Å². The lowest BCUT2D eigenvalue weighted by atomic mass is 10.2. The van der Waals surface area contributed by atoms with Crippen molar-refractivity contribution in [1.29, 1.82) is 5.26 Å². The number of carbonyl (C=O) groups is 1. The van der Waals surface area contributed by atoms with Gasteiger partial charge in [-0.25, -0.2) is 4.79 Å². The molecule has 2 heterocycles. The van der Waals surface area contributed by atoms with Crippen molar-refractivity contribution in [3.8, 4) is 12.0 Å². The van der Waals surface area contributed by atoms with Gasteiger partial charge in [0.15, 0.2) is 0 Å². The number of nitrogens with one attached hydrogen (secondary N) is 1. The monoisotopic (exact) mass is 335 g/mol. The predicted octanol–water partition coefficient (Wildman–Crippen LogP) is 1.87. The van der Waals surface area contributed by atoms with Crippen molar-refractivity contribution < 1.29 is 9.90 Å². The first kappa shape index (κ1) is 15.9. The predicted molar refractivity (Wildman–Crippen MR) is 89.7 cm³/mol. The van der Waals surface area contributed by atoms with E-state index in [9.17, 15) is 15.2 Å². The van der Waals surface area contributed by atoms with Crippen LogP contribution in [-0.4, -0.2) is 30.8 Å². The summed E-state index contributed by atoms with van der Waals surface area (Å²) in [5.74, 6) is -0.936. The zero-order valence-electron chi connectivity index (χ0n) is 13.1. The van der Waals surface area contributed by atoms with Crippen LogP contribution in [0.1, 0.15) is 21.7 Å². The normalized spacial score (nSPS) is 10.2. The molecule has 0 fully saturated rings. The Kier molecular flexibility index (Phi) is 4.01. The van der Waals surface area contributed by atoms with Gasteiger partial charge < -0.3 is 16.2 Å². The number of hydrogen-bond acceptors (Lipinski definition) is 7. The first-order chi connectivity index (χ1) is 12.0. The number of anilines is 3. The van der Waals surface area contributed by atoms with Crippen LogP contribution in [0.15, 0.2) is 36.4 Å². The number of nitriles is 1. The molecule has 0 saturated carbocycles. The fraction of sp³-hybridized carbons (Fsp3) is 0.0625. The number of carboxylic acid groups (broad SMARTS) is 1. The number of aryl methyl sites for hydroxylation is 1. The van der Waals surface area contributed by atoms with Crippen LogP contribution in [0.25, 0.3) is 5.95 Å². The molecule has 0 aliphatic rings. The maximum absolute atomic E-state index is 11.3. The highest BCUT2D eigenvalue weighted by atomic mass is 16.4. The van der Waals surface area contributed by atoms with Gasteiger partial charge in [0.1, 0.15) is 29.0 Å². The van der Waals surface area contributed by atoms with Crippen LogP contribution >= 0.6 is 0 Å². The van der Waals surface area contributed by atoms with Crippen molar-refractivity contribution >= 4 is 23.3 Å². The molecule has 124 valence electrons. The summed E-state index contributed by atoms with van der Waals surface area (Å²) in [6.45, 7) is 1.52. The zero-order valence-corrected chi connectivity index (χ0v) is 13.1. The molecule has 0 bridgehead atoms. The Morgan fingerprint density at radius 3 is 2.64 bits per heavy atom. The molecule has 9 nitrogen and oxygen atoms in total. The largest absolute Gasteiger partial charge is 0.477 e.